The second kappa shape index (κ2) is 8.36. The van der Waals surface area contributed by atoms with E-state index in [9.17, 15) is 9.18 Å². The van der Waals surface area contributed by atoms with Gasteiger partial charge in [0.25, 0.3) is 0 Å². The summed E-state index contributed by atoms with van der Waals surface area (Å²) in [5, 5.41) is 0. The van der Waals surface area contributed by atoms with Crippen molar-refractivity contribution in [1.29, 1.82) is 0 Å². The van der Waals surface area contributed by atoms with Crippen molar-refractivity contribution >= 4 is 11.9 Å². The predicted molar refractivity (Wildman–Crippen MR) is 116 cm³/mol. The molecule has 0 saturated heterocycles. The molecule has 0 unspecified atom stereocenters. The van der Waals surface area contributed by atoms with Crippen molar-refractivity contribution in [3.05, 3.63) is 101 Å². The first kappa shape index (κ1) is 19.5. The van der Waals surface area contributed by atoms with Crippen molar-refractivity contribution in [2.45, 2.75) is 19.4 Å². The number of Topliss-reactive ketones (excluding diaryl/α,β-unsaturated/α-hetero) is 1. The molecule has 2 aliphatic rings. The zero-order valence-electron chi connectivity index (χ0n) is 17.0. The highest BCUT2D eigenvalue weighted by Crippen LogP contribution is 2.42. The van der Waals surface area contributed by atoms with Crippen LogP contribution in [0, 0.1) is 5.82 Å². The number of hydrogen-bond donors (Lipinski definition) is 0. The topological polar surface area (TPSA) is 38.8 Å². The summed E-state index contributed by atoms with van der Waals surface area (Å²) >= 11 is 0. The van der Waals surface area contributed by atoms with Gasteiger partial charge in [-0.1, -0.05) is 48.5 Å². The number of hydrogen-bond acceptors (Lipinski definition) is 4. The molecule has 2 heterocycles. The number of nitrogens with zero attached hydrogens (tertiary/aromatic N) is 1. The lowest BCUT2D eigenvalue weighted by Crippen LogP contribution is -2.33. The van der Waals surface area contributed by atoms with Gasteiger partial charge < -0.3 is 9.47 Å². The molecule has 3 aromatic carbocycles. The minimum atomic E-state index is -0.391. The molecule has 0 saturated carbocycles. The number of aryl methyl sites for hydroxylation is 1. The van der Waals surface area contributed by atoms with Crippen LogP contribution in [0.4, 0.5) is 4.39 Å². The zero-order valence-corrected chi connectivity index (χ0v) is 17.0. The molecule has 0 aliphatic carbocycles. The van der Waals surface area contributed by atoms with E-state index in [1.165, 1.54) is 17.7 Å². The van der Waals surface area contributed by atoms with E-state index in [2.05, 4.69) is 29.2 Å². The van der Waals surface area contributed by atoms with Crippen molar-refractivity contribution in [2.75, 3.05) is 13.3 Å². The molecule has 0 aromatic heterocycles. The van der Waals surface area contributed by atoms with Gasteiger partial charge in [0.05, 0.1) is 11.1 Å². The molecule has 0 N–H and O–H groups in total. The summed E-state index contributed by atoms with van der Waals surface area (Å²) < 4.78 is 25.9. The maximum atomic E-state index is 14.0. The van der Waals surface area contributed by atoms with E-state index in [1.807, 2.05) is 12.1 Å². The fraction of sp³-hybridized carbons (Fsp3) is 0.192. The smallest absolute Gasteiger partial charge is 0.231 e. The van der Waals surface area contributed by atoms with E-state index in [0.29, 0.717) is 30.2 Å². The van der Waals surface area contributed by atoms with Gasteiger partial charge in [0.15, 0.2) is 5.76 Å². The third kappa shape index (κ3) is 3.97. The number of allylic oxidation sites excluding steroid dienone is 1. The van der Waals surface area contributed by atoms with Gasteiger partial charge in [0.2, 0.25) is 5.78 Å². The van der Waals surface area contributed by atoms with Crippen LogP contribution in [0.1, 0.15) is 33.5 Å². The van der Waals surface area contributed by atoms with E-state index in [0.717, 1.165) is 30.7 Å². The van der Waals surface area contributed by atoms with E-state index in [4.69, 9.17) is 9.47 Å². The van der Waals surface area contributed by atoms with E-state index in [1.54, 1.807) is 24.3 Å². The van der Waals surface area contributed by atoms with Gasteiger partial charge in [0.1, 0.15) is 24.0 Å². The highest BCUT2D eigenvalue weighted by molar-refractivity contribution is 6.15. The Balaban J connectivity index is 1.33. The fourth-order valence-electron chi connectivity index (χ4n) is 4.03. The van der Waals surface area contributed by atoms with Gasteiger partial charge in [-0.15, -0.1) is 0 Å². The first-order valence-electron chi connectivity index (χ1n) is 10.4. The number of ketones is 1. The monoisotopic (exact) mass is 415 g/mol. The molecule has 0 amide bonds. The summed E-state index contributed by atoms with van der Waals surface area (Å²) in [6.45, 7) is 2.03. The Labute approximate surface area is 180 Å². The summed E-state index contributed by atoms with van der Waals surface area (Å²) in [5.74, 6) is 0.769. The lowest BCUT2D eigenvalue weighted by atomic mass is 10.0. The molecular formula is C26H22FNO3. The number of ether oxygens (including phenoxy) is 2. The van der Waals surface area contributed by atoms with Gasteiger partial charge in [0, 0.05) is 18.7 Å². The Morgan fingerprint density at radius 2 is 1.81 bits per heavy atom. The number of fused-ring (bicyclic) bond motifs is 3. The van der Waals surface area contributed by atoms with Crippen molar-refractivity contribution in [1.82, 2.24) is 4.90 Å². The Morgan fingerprint density at radius 3 is 2.65 bits per heavy atom. The minimum Gasteiger partial charge on any atom is -0.478 e. The highest BCUT2D eigenvalue weighted by Gasteiger charge is 2.33. The molecule has 0 radical (unpaired) electrons. The number of carbonyl (C=O) groups excluding carboxylic acids is 1. The highest BCUT2D eigenvalue weighted by atomic mass is 19.1. The van der Waals surface area contributed by atoms with Crippen LogP contribution in [0.25, 0.3) is 6.08 Å². The first-order chi connectivity index (χ1) is 15.2. The molecular weight excluding hydrogens is 393 g/mol. The molecule has 2 aliphatic heterocycles. The van der Waals surface area contributed by atoms with Crippen LogP contribution < -0.4 is 9.47 Å². The number of carbonyl (C=O) groups is 1. The lowest BCUT2D eigenvalue weighted by Gasteiger charge is -2.29. The zero-order chi connectivity index (χ0) is 21.2. The van der Waals surface area contributed by atoms with Gasteiger partial charge in [-0.3, -0.25) is 9.69 Å². The molecule has 3 aromatic rings. The molecule has 5 rings (SSSR count). The quantitative estimate of drug-likeness (QED) is 0.535. The van der Waals surface area contributed by atoms with Crippen LogP contribution in [0.5, 0.6) is 11.5 Å². The Bertz CT molecular complexity index is 1160. The van der Waals surface area contributed by atoms with Crippen molar-refractivity contribution in [2.24, 2.45) is 0 Å². The van der Waals surface area contributed by atoms with Crippen LogP contribution in [0.2, 0.25) is 0 Å². The molecule has 31 heavy (non-hydrogen) atoms. The summed E-state index contributed by atoms with van der Waals surface area (Å²) in [6.07, 6.45) is 3.48. The molecule has 0 atom stereocenters. The lowest BCUT2D eigenvalue weighted by molar-refractivity contribution is 0.0928. The number of rotatable bonds is 5. The number of halogens is 1. The largest absolute Gasteiger partial charge is 0.478 e. The van der Waals surface area contributed by atoms with Crippen LogP contribution in [-0.4, -0.2) is 24.0 Å². The third-order valence-electron chi connectivity index (χ3n) is 5.66. The van der Waals surface area contributed by atoms with Gasteiger partial charge >= 0.3 is 0 Å². The van der Waals surface area contributed by atoms with E-state index < -0.39 is 5.82 Å². The van der Waals surface area contributed by atoms with Crippen molar-refractivity contribution < 1.29 is 18.7 Å². The van der Waals surface area contributed by atoms with Gasteiger partial charge in [-0.25, -0.2) is 4.39 Å². The third-order valence-corrected chi connectivity index (χ3v) is 5.66. The Kier molecular flexibility index (Phi) is 5.26. The number of benzene rings is 3. The average molecular weight is 415 g/mol. The first-order valence-corrected chi connectivity index (χ1v) is 10.4. The molecule has 4 nitrogen and oxygen atoms in total. The maximum absolute atomic E-state index is 14.0. The minimum absolute atomic E-state index is 0.134. The molecule has 5 heteroatoms. The predicted octanol–water partition coefficient (Wildman–Crippen LogP) is 5.23. The van der Waals surface area contributed by atoms with Gasteiger partial charge in [-0.05, 0) is 42.7 Å². The fourth-order valence-corrected chi connectivity index (χ4v) is 4.03. The van der Waals surface area contributed by atoms with Crippen LogP contribution in [-0.2, 0) is 13.0 Å². The van der Waals surface area contributed by atoms with Crippen LogP contribution in [0.15, 0.2) is 72.5 Å². The molecule has 0 fully saturated rings. The van der Waals surface area contributed by atoms with Crippen LogP contribution >= 0.6 is 0 Å². The van der Waals surface area contributed by atoms with E-state index in [-0.39, 0.29) is 11.5 Å². The summed E-state index contributed by atoms with van der Waals surface area (Å²) in [6, 6.07) is 20.3. The SMILES string of the molecule is O=C1/C(=C/c2ccccc2F)Oc2c1ccc1c2CN(CCCc2ccccc2)CO1. The molecule has 0 spiro atoms. The second-order valence-corrected chi connectivity index (χ2v) is 7.80. The van der Waals surface area contributed by atoms with Crippen LogP contribution in [0.3, 0.4) is 0 Å². The molecule has 156 valence electrons. The Hall–Kier alpha value is -3.44. The van der Waals surface area contributed by atoms with E-state index >= 15 is 0 Å². The average Bonchev–Trinajstić information content (AvgIpc) is 3.12. The second-order valence-electron chi connectivity index (χ2n) is 7.80. The van der Waals surface area contributed by atoms with Gasteiger partial charge in [-0.2, -0.15) is 0 Å². The summed E-state index contributed by atoms with van der Waals surface area (Å²) in [5.41, 5.74) is 3.01. The van der Waals surface area contributed by atoms with Crippen molar-refractivity contribution in [3.8, 4) is 11.5 Å². The summed E-state index contributed by atoms with van der Waals surface area (Å²) in [4.78, 5) is 15.0. The maximum Gasteiger partial charge on any atom is 0.231 e. The van der Waals surface area contributed by atoms with Crippen molar-refractivity contribution in [3.63, 3.8) is 0 Å². The molecule has 0 bridgehead atoms. The Morgan fingerprint density at radius 1 is 1.00 bits per heavy atom. The normalized spacial score (nSPS) is 16.5. The summed E-state index contributed by atoms with van der Waals surface area (Å²) in [7, 11) is 0. The standard InChI is InChI=1S/C26H22FNO3/c27-22-11-5-4-10-19(22)15-24-25(29)20-12-13-23-21(26(20)31-24)16-28(17-30-23)14-6-9-18-7-2-1-3-8-18/h1-5,7-8,10-13,15H,6,9,14,16-17H2/b24-15-.